The van der Waals surface area contributed by atoms with Crippen LogP contribution in [0, 0.1) is 0 Å². The number of carbonyl (C=O) groups excluding carboxylic acids is 1. The van der Waals surface area contributed by atoms with Gasteiger partial charge in [-0.15, -0.1) is 0 Å². The lowest BCUT2D eigenvalue weighted by molar-refractivity contribution is -0.192. The molecule has 21 heavy (non-hydrogen) atoms. The lowest BCUT2D eigenvalue weighted by Crippen LogP contribution is -2.66. The fraction of sp³-hybridized carbons (Fsp3) is 0.357. The Morgan fingerprint density at radius 1 is 1.24 bits per heavy atom. The summed E-state index contributed by atoms with van der Waals surface area (Å²) in [5.74, 6) is -1.05. The van der Waals surface area contributed by atoms with Crippen LogP contribution in [0.3, 0.4) is 0 Å². The first-order valence-corrected chi connectivity index (χ1v) is 7.95. The van der Waals surface area contributed by atoms with Gasteiger partial charge in [0.05, 0.1) is 11.5 Å². The zero-order valence-electron chi connectivity index (χ0n) is 11.0. The Bertz CT molecular complexity index is 710. The molecule has 112 valence electrons. The smallest absolute Gasteiger partial charge is 0.344 e. The van der Waals surface area contributed by atoms with Gasteiger partial charge in [0.15, 0.2) is 21.0 Å². The summed E-state index contributed by atoms with van der Waals surface area (Å²) in [5.41, 5.74) is -3.60. The number of carbonyl (C=O) groups is 1. The second-order valence-electron chi connectivity index (χ2n) is 5.32. The summed E-state index contributed by atoms with van der Waals surface area (Å²) in [6.45, 7) is -0.536. The molecule has 1 aromatic rings. The van der Waals surface area contributed by atoms with Gasteiger partial charge in [-0.2, -0.15) is 0 Å². The van der Waals surface area contributed by atoms with Crippen molar-refractivity contribution < 1.29 is 28.2 Å². The standard InChI is InChI=1S/C14H14O6S/c15-9-13-6-7-14(17,12(16)20-13)11(8-13)21(18,19)10-4-2-1-3-5-10/h1-7,11,15,17H,8-9H2/t11?,13-,14-/m1/s1. The molecule has 1 fully saturated rings. The number of aliphatic hydroxyl groups excluding tert-OH is 1. The molecular formula is C14H14O6S. The Hall–Kier alpha value is -1.70. The van der Waals surface area contributed by atoms with Crippen LogP contribution in [0.4, 0.5) is 0 Å². The quantitative estimate of drug-likeness (QED) is 0.593. The van der Waals surface area contributed by atoms with E-state index in [0.717, 1.165) is 6.08 Å². The highest BCUT2D eigenvalue weighted by Crippen LogP contribution is 2.44. The molecule has 1 aliphatic carbocycles. The topological polar surface area (TPSA) is 101 Å². The van der Waals surface area contributed by atoms with Crippen molar-refractivity contribution in [2.75, 3.05) is 6.61 Å². The fourth-order valence-electron chi connectivity index (χ4n) is 2.74. The second-order valence-corrected chi connectivity index (χ2v) is 7.45. The normalized spacial score (nSPS) is 34.8. The molecule has 1 unspecified atom stereocenters. The van der Waals surface area contributed by atoms with Crippen LogP contribution in [-0.4, -0.2) is 47.7 Å². The highest BCUT2D eigenvalue weighted by molar-refractivity contribution is 7.92. The predicted octanol–water partition coefficient (Wildman–Crippen LogP) is -0.192. The second kappa shape index (κ2) is 4.40. The lowest BCUT2D eigenvalue weighted by atomic mass is 9.78. The molecule has 6 nitrogen and oxygen atoms in total. The number of benzene rings is 1. The first-order valence-electron chi connectivity index (χ1n) is 6.40. The maximum Gasteiger partial charge on any atom is 0.344 e. The zero-order valence-corrected chi connectivity index (χ0v) is 11.8. The van der Waals surface area contributed by atoms with Crippen LogP contribution in [0.25, 0.3) is 0 Å². The molecule has 3 aliphatic rings. The largest absolute Gasteiger partial charge is 0.450 e. The number of hydrogen-bond acceptors (Lipinski definition) is 6. The molecule has 2 bridgehead atoms. The minimum absolute atomic E-state index is 0.0188. The Balaban J connectivity index is 2.12. The van der Waals surface area contributed by atoms with E-state index in [1.165, 1.54) is 18.2 Å². The van der Waals surface area contributed by atoms with Crippen molar-refractivity contribution in [3.05, 3.63) is 42.5 Å². The zero-order chi connectivity index (χ0) is 15.3. The first kappa shape index (κ1) is 14.2. The number of rotatable bonds is 3. The van der Waals surface area contributed by atoms with Crippen LogP contribution in [0.5, 0.6) is 0 Å². The number of esters is 1. The monoisotopic (exact) mass is 310 g/mol. The van der Waals surface area contributed by atoms with E-state index < -0.39 is 38.9 Å². The lowest BCUT2D eigenvalue weighted by Gasteiger charge is -2.47. The molecule has 0 spiro atoms. The van der Waals surface area contributed by atoms with Crippen molar-refractivity contribution in [1.82, 2.24) is 0 Å². The van der Waals surface area contributed by atoms with Crippen molar-refractivity contribution in [1.29, 1.82) is 0 Å². The molecule has 2 aliphatic heterocycles. The maximum absolute atomic E-state index is 12.7. The van der Waals surface area contributed by atoms with E-state index in [0.29, 0.717) is 0 Å². The number of ether oxygens (including phenoxy) is 1. The molecular weight excluding hydrogens is 296 g/mol. The fourth-order valence-corrected chi connectivity index (χ4v) is 4.75. The predicted molar refractivity (Wildman–Crippen MR) is 72.0 cm³/mol. The van der Waals surface area contributed by atoms with E-state index in [-0.39, 0.29) is 11.3 Å². The Labute approximate surface area is 121 Å². The van der Waals surface area contributed by atoms with Gasteiger partial charge in [-0.3, -0.25) is 0 Å². The third-order valence-electron chi connectivity index (χ3n) is 4.00. The van der Waals surface area contributed by atoms with E-state index >= 15 is 0 Å². The van der Waals surface area contributed by atoms with Crippen molar-refractivity contribution in [3.8, 4) is 0 Å². The van der Waals surface area contributed by atoms with Crippen molar-refractivity contribution >= 4 is 15.8 Å². The average molecular weight is 310 g/mol. The summed E-state index contributed by atoms with van der Waals surface area (Å²) >= 11 is 0. The highest BCUT2D eigenvalue weighted by atomic mass is 32.2. The molecule has 4 rings (SSSR count). The Morgan fingerprint density at radius 3 is 2.48 bits per heavy atom. The molecule has 0 saturated carbocycles. The number of hydrogen-bond donors (Lipinski definition) is 2. The van der Waals surface area contributed by atoms with Gasteiger partial charge in [0.1, 0.15) is 5.25 Å². The minimum atomic E-state index is -3.95. The molecule has 0 radical (unpaired) electrons. The molecule has 0 amide bonds. The van der Waals surface area contributed by atoms with Crippen LogP contribution in [0.1, 0.15) is 6.42 Å². The Morgan fingerprint density at radius 2 is 1.90 bits per heavy atom. The molecule has 1 saturated heterocycles. The molecule has 7 heteroatoms. The Kier molecular flexibility index (Phi) is 2.98. The molecule has 3 atom stereocenters. The molecule has 2 N–H and O–H groups in total. The van der Waals surface area contributed by atoms with Crippen molar-refractivity contribution in [2.24, 2.45) is 0 Å². The average Bonchev–Trinajstić information content (AvgIpc) is 2.49. The molecule has 2 heterocycles. The van der Waals surface area contributed by atoms with E-state index in [9.17, 15) is 23.4 Å². The number of aliphatic hydroxyl groups is 2. The third-order valence-corrected chi connectivity index (χ3v) is 6.20. The van der Waals surface area contributed by atoms with E-state index in [1.54, 1.807) is 18.2 Å². The van der Waals surface area contributed by atoms with Gasteiger partial charge in [-0.05, 0) is 24.3 Å². The van der Waals surface area contributed by atoms with Gasteiger partial charge >= 0.3 is 5.97 Å². The summed E-state index contributed by atoms with van der Waals surface area (Å²) < 4.78 is 30.4. The minimum Gasteiger partial charge on any atom is -0.450 e. The van der Waals surface area contributed by atoms with Gasteiger partial charge in [-0.1, -0.05) is 18.2 Å². The number of fused-ring (bicyclic) bond motifs is 2. The summed E-state index contributed by atoms with van der Waals surface area (Å²) in [7, 11) is -3.95. The molecule has 1 aromatic carbocycles. The SMILES string of the molecule is O=C1O[C@]2(CO)C=C[C@@]1(O)C(S(=O)(=O)c1ccccc1)C2. The summed E-state index contributed by atoms with van der Waals surface area (Å²) in [6.07, 6.45) is 2.29. The van der Waals surface area contributed by atoms with Crippen LogP contribution in [0.15, 0.2) is 47.4 Å². The van der Waals surface area contributed by atoms with Gasteiger partial charge in [-0.25, -0.2) is 13.2 Å². The van der Waals surface area contributed by atoms with E-state index in [1.807, 2.05) is 0 Å². The summed E-state index contributed by atoms with van der Waals surface area (Å²) in [4.78, 5) is 11.9. The molecule has 0 aromatic heterocycles. The van der Waals surface area contributed by atoms with Crippen LogP contribution in [0.2, 0.25) is 0 Å². The van der Waals surface area contributed by atoms with Gasteiger partial charge in [0.2, 0.25) is 0 Å². The summed E-state index contributed by atoms with van der Waals surface area (Å²) in [6, 6.07) is 7.61. The van der Waals surface area contributed by atoms with Crippen molar-refractivity contribution in [2.45, 2.75) is 27.8 Å². The summed E-state index contributed by atoms with van der Waals surface area (Å²) in [5, 5.41) is 18.5. The highest BCUT2D eigenvalue weighted by Gasteiger charge is 2.62. The van der Waals surface area contributed by atoms with Gasteiger partial charge < -0.3 is 14.9 Å². The van der Waals surface area contributed by atoms with Crippen molar-refractivity contribution in [3.63, 3.8) is 0 Å². The third kappa shape index (κ3) is 1.92. The van der Waals surface area contributed by atoms with Crippen LogP contribution in [-0.2, 0) is 19.4 Å². The first-order chi connectivity index (χ1) is 9.84. The van der Waals surface area contributed by atoms with Crippen LogP contribution >= 0.6 is 0 Å². The van der Waals surface area contributed by atoms with E-state index in [2.05, 4.69) is 0 Å². The van der Waals surface area contributed by atoms with Gasteiger partial charge in [0, 0.05) is 6.42 Å². The van der Waals surface area contributed by atoms with Crippen LogP contribution < -0.4 is 0 Å². The maximum atomic E-state index is 12.7. The van der Waals surface area contributed by atoms with E-state index in [4.69, 9.17) is 4.74 Å². The number of sulfone groups is 1. The van der Waals surface area contributed by atoms with Gasteiger partial charge in [0.25, 0.3) is 0 Å².